The normalized spacial score (nSPS) is 13.0. The quantitative estimate of drug-likeness (QED) is 0.849. The molecule has 1 heterocycles. The van der Waals surface area contributed by atoms with Crippen molar-refractivity contribution in [3.8, 4) is 0 Å². The first-order valence-electron chi connectivity index (χ1n) is 6.75. The zero-order valence-corrected chi connectivity index (χ0v) is 12.7. The number of pyridine rings is 1. The summed E-state index contributed by atoms with van der Waals surface area (Å²) in [6.45, 7) is 2.31. The van der Waals surface area contributed by atoms with Crippen molar-refractivity contribution >= 4 is 10.0 Å². The van der Waals surface area contributed by atoms with Crippen LogP contribution in [0.1, 0.15) is 24.2 Å². The lowest BCUT2D eigenvalue weighted by molar-refractivity contribution is 0.564. The second kappa shape index (κ2) is 6.80. The maximum Gasteiger partial charge on any atom is 0.241 e. The fourth-order valence-electron chi connectivity index (χ4n) is 2.00. The van der Waals surface area contributed by atoms with E-state index in [-0.39, 0.29) is 10.9 Å². The molecule has 3 N–H and O–H groups in total. The summed E-state index contributed by atoms with van der Waals surface area (Å²) in [6, 6.07) is 11.8. The molecule has 0 saturated carbocycles. The Morgan fingerprint density at radius 1 is 1.19 bits per heavy atom. The maximum atomic E-state index is 12.3. The van der Waals surface area contributed by atoms with Gasteiger partial charge in [-0.15, -0.1) is 0 Å². The van der Waals surface area contributed by atoms with Gasteiger partial charge in [-0.1, -0.05) is 18.2 Å². The van der Waals surface area contributed by atoms with Crippen LogP contribution >= 0.6 is 0 Å². The Labute approximate surface area is 125 Å². The summed E-state index contributed by atoms with van der Waals surface area (Å²) in [5.41, 5.74) is 7.18. The van der Waals surface area contributed by atoms with E-state index in [4.69, 9.17) is 5.73 Å². The second-order valence-electron chi connectivity index (χ2n) is 4.78. The van der Waals surface area contributed by atoms with E-state index in [0.717, 1.165) is 12.0 Å². The van der Waals surface area contributed by atoms with Crippen molar-refractivity contribution in [2.45, 2.75) is 24.3 Å². The van der Waals surface area contributed by atoms with Gasteiger partial charge in [-0.2, -0.15) is 0 Å². The molecule has 0 bridgehead atoms. The van der Waals surface area contributed by atoms with Crippen molar-refractivity contribution in [1.29, 1.82) is 0 Å². The molecule has 0 aliphatic rings. The van der Waals surface area contributed by atoms with Crippen LogP contribution in [0.5, 0.6) is 0 Å². The molecule has 5 nitrogen and oxygen atoms in total. The molecule has 2 aromatic rings. The van der Waals surface area contributed by atoms with Gasteiger partial charge in [0.05, 0.1) is 16.6 Å². The molecule has 0 amide bonds. The fourth-order valence-corrected chi connectivity index (χ4v) is 3.21. The molecule has 0 aliphatic heterocycles. The van der Waals surface area contributed by atoms with Crippen molar-refractivity contribution < 1.29 is 8.42 Å². The highest BCUT2D eigenvalue weighted by atomic mass is 32.2. The van der Waals surface area contributed by atoms with E-state index in [1.165, 1.54) is 0 Å². The predicted octanol–water partition coefficient (Wildman–Crippen LogP) is 1.62. The summed E-state index contributed by atoms with van der Waals surface area (Å²) in [7, 11) is -3.56. The second-order valence-corrected chi connectivity index (χ2v) is 6.49. The number of hydrogen-bond acceptors (Lipinski definition) is 4. The number of sulfonamides is 1. The van der Waals surface area contributed by atoms with Gasteiger partial charge in [-0.25, -0.2) is 13.1 Å². The largest absolute Gasteiger partial charge is 0.330 e. The van der Waals surface area contributed by atoms with Gasteiger partial charge >= 0.3 is 0 Å². The minimum absolute atomic E-state index is 0.242. The van der Waals surface area contributed by atoms with Crippen LogP contribution in [0.3, 0.4) is 0 Å². The van der Waals surface area contributed by atoms with Gasteiger partial charge in [0.2, 0.25) is 10.0 Å². The van der Waals surface area contributed by atoms with Crippen LogP contribution in [-0.2, 0) is 16.4 Å². The zero-order valence-electron chi connectivity index (χ0n) is 11.9. The first-order valence-corrected chi connectivity index (χ1v) is 8.23. The lowest BCUT2D eigenvalue weighted by Crippen LogP contribution is -2.27. The minimum atomic E-state index is -3.56. The number of nitrogens with two attached hydrogens (primary N) is 1. The highest BCUT2D eigenvalue weighted by Gasteiger charge is 2.18. The van der Waals surface area contributed by atoms with Crippen LogP contribution < -0.4 is 10.5 Å². The van der Waals surface area contributed by atoms with Crippen LogP contribution in [0, 0.1) is 0 Å². The molecule has 0 saturated heterocycles. The third kappa shape index (κ3) is 4.10. The standard InChI is InChI=1S/C15H19N3O2S/c1-12(15-4-2-3-11-17-15)18-21(19,20)14-7-5-13(6-8-14)9-10-16/h2-8,11-12,18H,9-10,16H2,1H3. The number of rotatable bonds is 6. The monoisotopic (exact) mass is 305 g/mol. The molecular weight excluding hydrogens is 286 g/mol. The molecule has 1 aromatic carbocycles. The van der Waals surface area contributed by atoms with Gasteiger partial charge in [0.25, 0.3) is 0 Å². The van der Waals surface area contributed by atoms with Crippen LogP contribution in [0.25, 0.3) is 0 Å². The van der Waals surface area contributed by atoms with Crippen molar-refractivity contribution in [2.24, 2.45) is 5.73 Å². The third-order valence-corrected chi connectivity index (χ3v) is 4.69. The molecule has 1 aromatic heterocycles. The Kier molecular flexibility index (Phi) is 5.06. The van der Waals surface area contributed by atoms with E-state index in [0.29, 0.717) is 12.2 Å². The van der Waals surface area contributed by atoms with Crippen LogP contribution in [0.15, 0.2) is 53.6 Å². The topological polar surface area (TPSA) is 85.1 Å². The number of hydrogen-bond donors (Lipinski definition) is 2. The summed E-state index contributed by atoms with van der Waals surface area (Å²) in [5, 5.41) is 0. The predicted molar refractivity (Wildman–Crippen MR) is 82.2 cm³/mol. The summed E-state index contributed by atoms with van der Waals surface area (Å²) in [4.78, 5) is 4.40. The smallest absolute Gasteiger partial charge is 0.241 e. The van der Waals surface area contributed by atoms with E-state index >= 15 is 0 Å². The van der Waals surface area contributed by atoms with Gasteiger partial charge in [-0.05, 0) is 49.7 Å². The van der Waals surface area contributed by atoms with E-state index in [1.807, 2.05) is 6.07 Å². The number of nitrogens with zero attached hydrogens (tertiary/aromatic N) is 1. The molecule has 0 aliphatic carbocycles. The average molecular weight is 305 g/mol. The van der Waals surface area contributed by atoms with Gasteiger partial charge in [0.15, 0.2) is 0 Å². The van der Waals surface area contributed by atoms with Crippen LogP contribution in [0.2, 0.25) is 0 Å². The van der Waals surface area contributed by atoms with E-state index in [1.54, 1.807) is 49.5 Å². The summed E-state index contributed by atoms with van der Waals surface area (Å²) >= 11 is 0. The maximum absolute atomic E-state index is 12.3. The van der Waals surface area contributed by atoms with Gasteiger partial charge in [0, 0.05) is 6.20 Å². The Balaban J connectivity index is 2.14. The molecule has 1 atom stereocenters. The Bertz CT molecular complexity index is 670. The highest BCUT2D eigenvalue weighted by molar-refractivity contribution is 7.89. The van der Waals surface area contributed by atoms with Crippen molar-refractivity contribution in [3.63, 3.8) is 0 Å². The minimum Gasteiger partial charge on any atom is -0.330 e. The van der Waals surface area contributed by atoms with E-state index in [9.17, 15) is 8.42 Å². The Morgan fingerprint density at radius 3 is 2.48 bits per heavy atom. The average Bonchev–Trinajstić information content (AvgIpc) is 2.48. The van der Waals surface area contributed by atoms with Crippen molar-refractivity contribution in [1.82, 2.24) is 9.71 Å². The number of benzene rings is 1. The molecule has 112 valence electrons. The molecule has 2 rings (SSSR count). The van der Waals surface area contributed by atoms with Crippen LogP contribution in [-0.4, -0.2) is 19.9 Å². The lowest BCUT2D eigenvalue weighted by atomic mass is 10.2. The van der Waals surface area contributed by atoms with Crippen LogP contribution in [0.4, 0.5) is 0 Å². The highest BCUT2D eigenvalue weighted by Crippen LogP contribution is 2.16. The van der Waals surface area contributed by atoms with Crippen molar-refractivity contribution in [2.75, 3.05) is 6.54 Å². The molecule has 1 unspecified atom stereocenters. The first-order chi connectivity index (χ1) is 10.0. The number of nitrogens with one attached hydrogen (secondary N) is 1. The SMILES string of the molecule is CC(NS(=O)(=O)c1ccc(CCN)cc1)c1ccccn1. The first kappa shape index (κ1) is 15.6. The number of aromatic nitrogens is 1. The summed E-state index contributed by atoms with van der Waals surface area (Å²) in [6.07, 6.45) is 2.37. The summed E-state index contributed by atoms with van der Waals surface area (Å²) in [5.74, 6) is 0. The fraction of sp³-hybridized carbons (Fsp3) is 0.267. The van der Waals surface area contributed by atoms with Gasteiger partial charge in [0.1, 0.15) is 0 Å². The molecular formula is C15H19N3O2S. The molecule has 0 fully saturated rings. The third-order valence-electron chi connectivity index (χ3n) is 3.13. The Morgan fingerprint density at radius 2 is 1.90 bits per heavy atom. The van der Waals surface area contributed by atoms with E-state index < -0.39 is 10.0 Å². The molecule has 0 spiro atoms. The summed E-state index contributed by atoms with van der Waals surface area (Å²) < 4.78 is 27.3. The van der Waals surface area contributed by atoms with Crippen molar-refractivity contribution in [3.05, 3.63) is 59.9 Å². The molecule has 0 radical (unpaired) electrons. The molecule has 6 heteroatoms. The van der Waals surface area contributed by atoms with Gasteiger partial charge in [-0.3, -0.25) is 4.98 Å². The van der Waals surface area contributed by atoms with Gasteiger partial charge < -0.3 is 5.73 Å². The van der Waals surface area contributed by atoms with E-state index in [2.05, 4.69) is 9.71 Å². The molecule has 21 heavy (non-hydrogen) atoms. The Hall–Kier alpha value is -1.76. The lowest BCUT2D eigenvalue weighted by Gasteiger charge is -2.14. The zero-order chi connectivity index (χ0) is 15.3.